The first kappa shape index (κ1) is 9.92. The highest BCUT2D eigenvalue weighted by molar-refractivity contribution is 4.79. The summed E-state index contributed by atoms with van der Waals surface area (Å²) in [4.78, 5) is 0. The molecule has 0 aromatic rings. The van der Waals surface area contributed by atoms with E-state index in [1.807, 2.05) is 6.92 Å². The van der Waals surface area contributed by atoms with E-state index in [4.69, 9.17) is 19.7 Å². The fourth-order valence-electron chi connectivity index (χ4n) is 1.05. The summed E-state index contributed by atoms with van der Waals surface area (Å²) in [6.45, 7) is 2.71. The van der Waals surface area contributed by atoms with Gasteiger partial charge in [0.15, 0.2) is 0 Å². The van der Waals surface area contributed by atoms with Gasteiger partial charge in [-0.05, 0) is 6.42 Å². The SMILES string of the molecule is CCC(OCC(O)CO)C1CO1. The Bertz CT molecular complexity index is 124. The summed E-state index contributed by atoms with van der Waals surface area (Å²) in [5.41, 5.74) is 0. The van der Waals surface area contributed by atoms with Crippen LogP contribution in [0.3, 0.4) is 0 Å². The molecule has 4 nitrogen and oxygen atoms in total. The number of aliphatic hydroxyl groups excluding tert-OH is 2. The molecule has 4 heteroatoms. The van der Waals surface area contributed by atoms with Crippen LogP contribution in [0.25, 0.3) is 0 Å². The van der Waals surface area contributed by atoms with Gasteiger partial charge < -0.3 is 19.7 Å². The van der Waals surface area contributed by atoms with Crippen molar-refractivity contribution in [2.75, 3.05) is 19.8 Å². The van der Waals surface area contributed by atoms with E-state index in [2.05, 4.69) is 0 Å². The third-order valence-corrected chi connectivity index (χ3v) is 1.89. The van der Waals surface area contributed by atoms with Crippen LogP contribution in [0, 0.1) is 0 Å². The Hall–Kier alpha value is -0.160. The molecule has 3 unspecified atom stereocenters. The van der Waals surface area contributed by atoms with E-state index in [9.17, 15) is 0 Å². The quantitative estimate of drug-likeness (QED) is 0.537. The summed E-state index contributed by atoms with van der Waals surface area (Å²) in [6.07, 6.45) is 0.396. The second-order valence-electron chi connectivity index (χ2n) is 2.99. The van der Waals surface area contributed by atoms with Crippen molar-refractivity contribution in [3.05, 3.63) is 0 Å². The normalized spacial score (nSPS) is 26.8. The lowest BCUT2D eigenvalue weighted by Gasteiger charge is -2.15. The smallest absolute Gasteiger partial charge is 0.107 e. The number of hydrogen-bond acceptors (Lipinski definition) is 4. The van der Waals surface area contributed by atoms with Crippen molar-refractivity contribution in [3.8, 4) is 0 Å². The summed E-state index contributed by atoms with van der Waals surface area (Å²) >= 11 is 0. The second-order valence-corrected chi connectivity index (χ2v) is 2.99. The Balaban J connectivity index is 2.10. The van der Waals surface area contributed by atoms with Crippen LogP contribution in [0.5, 0.6) is 0 Å². The molecule has 1 rings (SSSR count). The van der Waals surface area contributed by atoms with Gasteiger partial charge in [0.1, 0.15) is 12.2 Å². The Morgan fingerprint density at radius 2 is 2.33 bits per heavy atom. The maximum absolute atomic E-state index is 8.99. The molecule has 0 saturated carbocycles. The molecule has 1 aliphatic rings. The van der Waals surface area contributed by atoms with Gasteiger partial charge in [0.05, 0.1) is 25.9 Å². The molecule has 12 heavy (non-hydrogen) atoms. The first-order valence-electron chi connectivity index (χ1n) is 4.30. The van der Waals surface area contributed by atoms with Crippen LogP contribution >= 0.6 is 0 Å². The zero-order chi connectivity index (χ0) is 8.97. The molecular weight excluding hydrogens is 160 g/mol. The minimum absolute atomic E-state index is 0.0752. The zero-order valence-corrected chi connectivity index (χ0v) is 7.27. The van der Waals surface area contributed by atoms with Crippen LogP contribution < -0.4 is 0 Å². The second kappa shape index (κ2) is 4.77. The molecule has 0 aromatic carbocycles. The monoisotopic (exact) mass is 176 g/mol. The van der Waals surface area contributed by atoms with Gasteiger partial charge in [-0.15, -0.1) is 0 Å². The van der Waals surface area contributed by atoms with Crippen LogP contribution in [-0.2, 0) is 9.47 Å². The molecule has 0 aliphatic carbocycles. The average molecular weight is 176 g/mol. The fraction of sp³-hybridized carbons (Fsp3) is 1.00. The van der Waals surface area contributed by atoms with Crippen molar-refractivity contribution in [3.63, 3.8) is 0 Å². The minimum atomic E-state index is -0.766. The van der Waals surface area contributed by atoms with Gasteiger partial charge in [-0.1, -0.05) is 6.92 Å². The molecule has 1 saturated heterocycles. The predicted molar refractivity (Wildman–Crippen MR) is 42.9 cm³/mol. The number of epoxide rings is 1. The van der Waals surface area contributed by atoms with Crippen LogP contribution in [-0.4, -0.2) is 48.3 Å². The van der Waals surface area contributed by atoms with E-state index in [0.29, 0.717) is 0 Å². The number of hydrogen-bond donors (Lipinski definition) is 2. The summed E-state index contributed by atoms with van der Waals surface area (Å²) < 4.78 is 10.4. The lowest BCUT2D eigenvalue weighted by Crippen LogP contribution is -2.27. The fourth-order valence-corrected chi connectivity index (χ4v) is 1.05. The van der Waals surface area contributed by atoms with Crippen molar-refractivity contribution < 1.29 is 19.7 Å². The van der Waals surface area contributed by atoms with Gasteiger partial charge in [-0.25, -0.2) is 0 Å². The molecule has 2 N–H and O–H groups in total. The minimum Gasteiger partial charge on any atom is -0.394 e. The van der Waals surface area contributed by atoms with Crippen LogP contribution in [0.2, 0.25) is 0 Å². The lowest BCUT2D eigenvalue weighted by molar-refractivity contribution is -0.0379. The Labute approximate surface area is 72.1 Å². The number of aliphatic hydroxyl groups is 2. The maximum atomic E-state index is 8.99. The number of rotatable bonds is 6. The summed E-state index contributed by atoms with van der Waals surface area (Å²) in [6, 6.07) is 0. The predicted octanol–water partition coefficient (Wildman–Crippen LogP) is -0.466. The number of ether oxygens (including phenoxy) is 2. The Morgan fingerprint density at radius 3 is 2.75 bits per heavy atom. The summed E-state index contributed by atoms with van der Waals surface area (Å²) in [5, 5.41) is 17.5. The van der Waals surface area contributed by atoms with Crippen molar-refractivity contribution >= 4 is 0 Å². The molecular formula is C8H16O4. The van der Waals surface area contributed by atoms with Crippen molar-refractivity contribution in [1.82, 2.24) is 0 Å². The highest BCUT2D eigenvalue weighted by Crippen LogP contribution is 2.19. The molecule has 0 amide bonds. The van der Waals surface area contributed by atoms with E-state index in [-0.39, 0.29) is 25.4 Å². The van der Waals surface area contributed by atoms with Gasteiger partial charge >= 0.3 is 0 Å². The van der Waals surface area contributed by atoms with Gasteiger partial charge in [0.2, 0.25) is 0 Å². The topological polar surface area (TPSA) is 62.2 Å². The van der Waals surface area contributed by atoms with Crippen molar-refractivity contribution in [2.24, 2.45) is 0 Å². The van der Waals surface area contributed by atoms with Crippen LogP contribution in [0.15, 0.2) is 0 Å². The molecule has 1 aliphatic heterocycles. The first-order chi connectivity index (χ1) is 5.77. The molecule has 1 heterocycles. The standard InChI is InChI=1S/C8H16O4/c1-2-7(8-5-12-8)11-4-6(10)3-9/h6-10H,2-5H2,1H3. The van der Waals surface area contributed by atoms with Gasteiger partial charge in [0.25, 0.3) is 0 Å². The molecule has 3 atom stereocenters. The Morgan fingerprint density at radius 1 is 1.67 bits per heavy atom. The highest BCUT2D eigenvalue weighted by Gasteiger charge is 2.32. The first-order valence-corrected chi connectivity index (χ1v) is 4.30. The van der Waals surface area contributed by atoms with E-state index in [1.165, 1.54) is 0 Å². The van der Waals surface area contributed by atoms with Crippen LogP contribution in [0.4, 0.5) is 0 Å². The van der Waals surface area contributed by atoms with E-state index >= 15 is 0 Å². The van der Waals surface area contributed by atoms with E-state index < -0.39 is 6.10 Å². The summed E-state index contributed by atoms with van der Waals surface area (Å²) in [7, 11) is 0. The van der Waals surface area contributed by atoms with E-state index in [0.717, 1.165) is 13.0 Å². The highest BCUT2D eigenvalue weighted by atomic mass is 16.6. The van der Waals surface area contributed by atoms with Gasteiger partial charge in [0, 0.05) is 0 Å². The average Bonchev–Trinajstić information content (AvgIpc) is 2.89. The maximum Gasteiger partial charge on any atom is 0.107 e. The van der Waals surface area contributed by atoms with Crippen LogP contribution in [0.1, 0.15) is 13.3 Å². The zero-order valence-electron chi connectivity index (χ0n) is 7.27. The van der Waals surface area contributed by atoms with E-state index in [1.54, 1.807) is 0 Å². The van der Waals surface area contributed by atoms with Crippen molar-refractivity contribution in [1.29, 1.82) is 0 Å². The van der Waals surface area contributed by atoms with Crippen molar-refractivity contribution in [2.45, 2.75) is 31.7 Å². The molecule has 0 aromatic heterocycles. The molecule has 0 spiro atoms. The third kappa shape index (κ3) is 3.06. The molecule has 0 radical (unpaired) electrons. The molecule has 72 valence electrons. The third-order valence-electron chi connectivity index (χ3n) is 1.89. The molecule has 0 bridgehead atoms. The molecule has 1 fully saturated rings. The van der Waals surface area contributed by atoms with Gasteiger partial charge in [-0.2, -0.15) is 0 Å². The summed E-state index contributed by atoms with van der Waals surface area (Å²) in [5.74, 6) is 0. The lowest BCUT2D eigenvalue weighted by atomic mass is 10.2. The largest absolute Gasteiger partial charge is 0.394 e. The Kier molecular flexibility index (Phi) is 3.94. The van der Waals surface area contributed by atoms with Gasteiger partial charge in [-0.3, -0.25) is 0 Å².